The molecule has 0 aliphatic heterocycles. The average Bonchev–Trinajstić information content (AvgIpc) is 2.55. The van der Waals surface area contributed by atoms with Gasteiger partial charge < -0.3 is 13.8 Å². The number of methoxy groups -OCH3 is 1. The molecule has 0 fully saturated rings. The van der Waals surface area contributed by atoms with E-state index in [-0.39, 0.29) is 5.69 Å². The molecule has 0 bridgehead atoms. The van der Waals surface area contributed by atoms with E-state index in [0.29, 0.717) is 18.1 Å². The van der Waals surface area contributed by atoms with E-state index in [1.807, 2.05) is 6.92 Å². The molecule has 0 heterocycles. The second-order valence-corrected chi connectivity index (χ2v) is 7.85. The van der Waals surface area contributed by atoms with Crippen LogP contribution in [0.25, 0.3) is 0 Å². The van der Waals surface area contributed by atoms with Crippen LogP contribution < -0.4 is 14.6 Å². The normalized spacial score (nSPS) is 13.1. The second kappa shape index (κ2) is 7.55. The molecule has 2 rings (SSSR count). The van der Waals surface area contributed by atoms with Crippen LogP contribution in [0.4, 0.5) is 5.69 Å². The fourth-order valence-corrected chi connectivity index (χ4v) is 4.36. The molecule has 2 aromatic rings. The van der Waals surface area contributed by atoms with Gasteiger partial charge in [-0.15, -0.1) is 0 Å². The predicted molar refractivity (Wildman–Crippen MR) is 92.3 cm³/mol. The minimum Gasteiger partial charge on any atom is -0.497 e. The van der Waals surface area contributed by atoms with Crippen LogP contribution in [0.15, 0.2) is 48.5 Å². The summed E-state index contributed by atoms with van der Waals surface area (Å²) >= 11 is 5.61. The topological polar surface area (TPSA) is 70.8 Å². The number of hydrogen-bond acceptors (Lipinski definition) is 6. The first-order chi connectivity index (χ1) is 11.0. The van der Waals surface area contributed by atoms with Crippen molar-refractivity contribution in [1.82, 2.24) is 0 Å². The van der Waals surface area contributed by atoms with Crippen LogP contribution in [-0.4, -0.2) is 18.6 Å². The third-order valence-electron chi connectivity index (χ3n) is 2.96. The molecule has 23 heavy (non-hydrogen) atoms. The van der Waals surface area contributed by atoms with Crippen molar-refractivity contribution < 1.29 is 18.7 Å². The molecule has 1 unspecified atom stereocenters. The maximum Gasteiger partial charge on any atom is 0.269 e. The van der Waals surface area contributed by atoms with Crippen LogP contribution in [0, 0.1) is 10.1 Å². The van der Waals surface area contributed by atoms with Gasteiger partial charge in [0.1, 0.15) is 11.5 Å². The molecule has 0 spiro atoms. The standard InChI is InChI=1S/C15H16NO5PS/c1-3-20-22(23,15-10-8-13(19-2)9-11-15)21-14-6-4-12(5-7-14)16(17)18/h4-11H,3H2,1-2H3. The summed E-state index contributed by atoms with van der Waals surface area (Å²) in [5.74, 6) is 1.14. The van der Waals surface area contributed by atoms with Gasteiger partial charge in [-0.2, -0.15) is 0 Å². The maximum absolute atomic E-state index is 10.7. The van der Waals surface area contributed by atoms with Crippen LogP contribution in [-0.2, 0) is 16.3 Å². The Kier molecular flexibility index (Phi) is 5.71. The Morgan fingerprint density at radius 3 is 2.13 bits per heavy atom. The highest BCUT2D eigenvalue weighted by atomic mass is 32.5. The Balaban J connectivity index is 2.28. The van der Waals surface area contributed by atoms with E-state index in [4.69, 9.17) is 25.6 Å². The number of non-ortho nitro benzene ring substituents is 1. The quantitative estimate of drug-likeness (QED) is 0.430. The van der Waals surface area contributed by atoms with Gasteiger partial charge in [0.15, 0.2) is 0 Å². The van der Waals surface area contributed by atoms with E-state index in [9.17, 15) is 10.1 Å². The minimum absolute atomic E-state index is 0.00786. The van der Waals surface area contributed by atoms with Crippen molar-refractivity contribution in [3.63, 3.8) is 0 Å². The van der Waals surface area contributed by atoms with E-state index in [1.54, 1.807) is 31.4 Å². The molecule has 0 aliphatic carbocycles. The van der Waals surface area contributed by atoms with Gasteiger partial charge in [-0.25, -0.2) is 0 Å². The third kappa shape index (κ3) is 4.28. The number of nitro groups is 1. The summed E-state index contributed by atoms with van der Waals surface area (Å²) in [6.07, 6.45) is 0. The lowest BCUT2D eigenvalue weighted by molar-refractivity contribution is -0.384. The Morgan fingerprint density at radius 1 is 1.09 bits per heavy atom. The Morgan fingerprint density at radius 2 is 1.65 bits per heavy atom. The highest BCUT2D eigenvalue weighted by Crippen LogP contribution is 2.47. The SMILES string of the molecule is CCOP(=S)(Oc1ccc([N+](=O)[O-])cc1)c1ccc(OC)cc1. The first-order valence-electron chi connectivity index (χ1n) is 6.82. The van der Waals surface area contributed by atoms with Gasteiger partial charge in [0, 0.05) is 17.4 Å². The van der Waals surface area contributed by atoms with Crippen LogP contribution in [0.2, 0.25) is 0 Å². The highest BCUT2D eigenvalue weighted by molar-refractivity contribution is 8.13. The second-order valence-electron chi connectivity index (χ2n) is 4.46. The first kappa shape index (κ1) is 17.4. The lowest BCUT2D eigenvalue weighted by Crippen LogP contribution is -2.12. The van der Waals surface area contributed by atoms with E-state index in [2.05, 4.69) is 0 Å². The summed E-state index contributed by atoms with van der Waals surface area (Å²) in [6.45, 7) is -0.519. The molecule has 0 radical (unpaired) electrons. The zero-order chi connectivity index (χ0) is 16.9. The smallest absolute Gasteiger partial charge is 0.269 e. The summed E-state index contributed by atoms with van der Waals surface area (Å²) in [7, 11) is 1.58. The zero-order valence-electron chi connectivity index (χ0n) is 12.7. The van der Waals surface area contributed by atoms with Crippen molar-refractivity contribution in [3.05, 3.63) is 58.6 Å². The van der Waals surface area contributed by atoms with Gasteiger partial charge in [0.05, 0.1) is 18.6 Å². The highest BCUT2D eigenvalue weighted by Gasteiger charge is 2.23. The predicted octanol–water partition coefficient (Wildman–Crippen LogP) is 3.65. The number of nitro benzene ring substituents is 1. The third-order valence-corrected chi connectivity index (χ3v) is 6.11. The first-order valence-corrected chi connectivity index (χ1v) is 9.45. The number of ether oxygens (including phenoxy) is 1. The Labute approximate surface area is 139 Å². The number of hydrogen-bond donors (Lipinski definition) is 0. The lowest BCUT2D eigenvalue weighted by atomic mass is 10.3. The number of nitrogens with zero attached hydrogens (tertiary/aromatic N) is 1. The van der Waals surface area contributed by atoms with Gasteiger partial charge in [0.25, 0.3) is 12.2 Å². The van der Waals surface area contributed by atoms with Crippen molar-refractivity contribution >= 4 is 29.3 Å². The minimum atomic E-state index is -2.75. The molecular formula is C15H16NO5PS. The van der Waals surface area contributed by atoms with Crippen molar-refractivity contribution in [1.29, 1.82) is 0 Å². The van der Waals surface area contributed by atoms with Crippen LogP contribution in [0.3, 0.4) is 0 Å². The van der Waals surface area contributed by atoms with Crippen molar-refractivity contribution in [2.75, 3.05) is 13.7 Å². The molecular weight excluding hydrogens is 337 g/mol. The molecule has 1 atom stereocenters. The number of rotatable bonds is 7. The van der Waals surface area contributed by atoms with Crippen LogP contribution >= 0.6 is 6.49 Å². The maximum atomic E-state index is 10.7. The molecule has 0 N–H and O–H groups in total. The van der Waals surface area contributed by atoms with Gasteiger partial charge >= 0.3 is 0 Å². The summed E-state index contributed by atoms with van der Waals surface area (Å²) in [5, 5.41) is 11.4. The summed E-state index contributed by atoms with van der Waals surface area (Å²) in [5.41, 5.74) is -0.00786. The van der Waals surface area contributed by atoms with Gasteiger partial charge in [-0.1, -0.05) is 0 Å². The Bertz CT molecular complexity index is 718. The summed E-state index contributed by atoms with van der Waals surface area (Å²) < 4.78 is 16.7. The van der Waals surface area contributed by atoms with E-state index in [0.717, 1.165) is 5.30 Å². The van der Waals surface area contributed by atoms with Crippen LogP contribution in [0.5, 0.6) is 11.5 Å². The van der Waals surface area contributed by atoms with E-state index >= 15 is 0 Å². The summed E-state index contributed by atoms with van der Waals surface area (Å²) in [4.78, 5) is 10.2. The molecule has 6 nitrogen and oxygen atoms in total. The molecule has 0 amide bonds. The van der Waals surface area contributed by atoms with Gasteiger partial charge in [-0.3, -0.25) is 10.1 Å². The van der Waals surface area contributed by atoms with Crippen LogP contribution in [0.1, 0.15) is 6.92 Å². The van der Waals surface area contributed by atoms with Crippen molar-refractivity contribution in [2.45, 2.75) is 6.92 Å². The fourth-order valence-electron chi connectivity index (χ4n) is 1.86. The monoisotopic (exact) mass is 353 g/mol. The van der Waals surface area contributed by atoms with E-state index in [1.165, 1.54) is 24.3 Å². The van der Waals surface area contributed by atoms with Crippen molar-refractivity contribution in [3.8, 4) is 11.5 Å². The van der Waals surface area contributed by atoms with E-state index < -0.39 is 11.4 Å². The van der Waals surface area contributed by atoms with Gasteiger partial charge in [0.2, 0.25) is 0 Å². The molecule has 0 aliphatic rings. The lowest BCUT2D eigenvalue weighted by Gasteiger charge is -2.22. The zero-order valence-corrected chi connectivity index (χ0v) is 14.4. The molecule has 2 aromatic carbocycles. The van der Waals surface area contributed by atoms with Gasteiger partial charge in [-0.05, 0) is 55.1 Å². The summed E-state index contributed by atoms with van der Waals surface area (Å²) in [6, 6.07) is 13.0. The average molecular weight is 353 g/mol. The molecule has 0 aromatic heterocycles. The molecule has 8 heteroatoms. The molecule has 0 saturated carbocycles. The largest absolute Gasteiger partial charge is 0.497 e. The fraction of sp³-hybridized carbons (Fsp3) is 0.200. The molecule has 0 saturated heterocycles. The van der Waals surface area contributed by atoms with Crippen molar-refractivity contribution in [2.24, 2.45) is 0 Å². The molecule has 122 valence electrons. The number of benzene rings is 2. The Hall–Kier alpha value is -1.95.